The van der Waals surface area contributed by atoms with Gasteiger partial charge in [0.2, 0.25) is 0 Å². The molecule has 5 nitrogen and oxygen atoms in total. The predicted octanol–water partition coefficient (Wildman–Crippen LogP) is -0.346. The van der Waals surface area contributed by atoms with E-state index in [0.717, 1.165) is 13.8 Å². The average molecular weight is 216 g/mol. The van der Waals surface area contributed by atoms with Gasteiger partial charge in [-0.15, -0.1) is 0 Å². The number of rotatable bonds is 1. The highest BCUT2D eigenvalue weighted by Crippen LogP contribution is 2.37. The van der Waals surface area contributed by atoms with E-state index >= 15 is 0 Å². The van der Waals surface area contributed by atoms with E-state index in [9.17, 15) is 25.2 Å². The van der Waals surface area contributed by atoms with Crippen LogP contribution < -0.4 is 0 Å². The Morgan fingerprint density at radius 2 is 1.73 bits per heavy atom. The lowest BCUT2D eigenvalue weighted by Crippen LogP contribution is -2.62. The van der Waals surface area contributed by atoms with Crippen LogP contribution in [0.4, 0.5) is 0 Å². The van der Waals surface area contributed by atoms with Crippen LogP contribution in [-0.2, 0) is 4.79 Å². The number of aliphatic hydroxyl groups excluding tert-OH is 2. The lowest BCUT2D eigenvalue weighted by molar-refractivity contribution is -0.177. The molecule has 1 aliphatic rings. The molecule has 0 saturated carbocycles. The maximum Gasteiger partial charge on any atom is 0.196 e. The molecule has 0 spiro atoms. The van der Waals surface area contributed by atoms with Crippen LogP contribution in [0.1, 0.15) is 27.2 Å². The van der Waals surface area contributed by atoms with Crippen LogP contribution in [0.25, 0.3) is 0 Å². The molecule has 5 heteroatoms. The first-order valence-corrected chi connectivity index (χ1v) is 4.77. The molecule has 0 aromatic rings. The van der Waals surface area contributed by atoms with Crippen LogP contribution in [0.5, 0.6) is 0 Å². The zero-order valence-electron chi connectivity index (χ0n) is 8.98. The lowest BCUT2D eigenvalue weighted by atomic mass is 9.72. The SMILES string of the molecule is CCC1=C(O)[C@](C)(O)[C@@H](O)[C@](C)(O)C1=O. The summed E-state index contributed by atoms with van der Waals surface area (Å²) < 4.78 is 0. The van der Waals surface area contributed by atoms with Gasteiger partial charge in [0.15, 0.2) is 11.4 Å². The number of Topliss-reactive ketones (excluding diaryl/α,β-unsaturated/α-hetero) is 1. The molecule has 0 radical (unpaired) electrons. The molecule has 0 unspecified atom stereocenters. The van der Waals surface area contributed by atoms with Crippen molar-refractivity contribution in [2.45, 2.75) is 44.5 Å². The third kappa shape index (κ3) is 1.47. The Balaban J connectivity index is 3.41. The van der Waals surface area contributed by atoms with Crippen LogP contribution in [0.2, 0.25) is 0 Å². The van der Waals surface area contributed by atoms with Crippen molar-refractivity contribution in [3.63, 3.8) is 0 Å². The van der Waals surface area contributed by atoms with Crippen molar-refractivity contribution in [1.29, 1.82) is 0 Å². The second kappa shape index (κ2) is 3.30. The monoisotopic (exact) mass is 216 g/mol. The molecule has 15 heavy (non-hydrogen) atoms. The third-order valence-electron chi connectivity index (χ3n) is 2.92. The van der Waals surface area contributed by atoms with E-state index in [-0.39, 0.29) is 12.0 Å². The van der Waals surface area contributed by atoms with Gasteiger partial charge in [-0.25, -0.2) is 0 Å². The summed E-state index contributed by atoms with van der Waals surface area (Å²) in [7, 11) is 0. The number of hydrogen-bond acceptors (Lipinski definition) is 5. The predicted molar refractivity (Wildman–Crippen MR) is 52.2 cm³/mol. The summed E-state index contributed by atoms with van der Waals surface area (Å²) >= 11 is 0. The topological polar surface area (TPSA) is 98.0 Å². The molecule has 0 amide bonds. The van der Waals surface area contributed by atoms with Gasteiger partial charge in [0.25, 0.3) is 0 Å². The van der Waals surface area contributed by atoms with Gasteiger partial charge < -0.3 is 20.4 Å². The molecule has 0 aromatic carbocycles. The zero-order chi connectivity index (χ0) is 12.0. The molecular formula is C10H16O5. The number of carbonyl (C=O) groups excluding carboxylic acids is 1. The van der Waals surface area contributed by atoms with Crippen molar-refractivity contribution in [3.8, 4) is 0 Å². The van der Waals surface area contributed by atoms with Crippen molar-refractivity contribution < 1.29 is 25.2 Å². The van der Waals surface area contributed by atoms with Gasteiger partial charge in [0, 0.05) is 5.57 Å². The second-order valence-electron chi connectivity index (χ2n) is 4.21. The number of aliphatic hydroxyl groups is 4. The van der Waals surface area contributed by atoms with Crippen molar-refractivity contribution in [2.75, 3.05) is 0 Å². The molecule has 1 aliphatic carbocycles. The average Bonchev–Trinajstić information content (AvgIpc) is 2.15. The van der Waals surface area contributed by atoms with E-state index in [1.54, 1.807) is 6.92 Å². The normalized spacial score (nSPS) is 42.3. The molecule has 3 atom stereocenters. The van der Waals surface area contributed by atoms with Crippen LogP contribution in [0.3, 0.4) is 0 Å². The van der Waals surface area contributed by atoms with E-state index in [0.29, 0.717) is 0 Å². The molecular weight excluding hydrogens is 200 g/mol. The molecule has 86 valence electrons. The minimum atomic E-state index is -2.07. The van der Waals surface area contributed by atoms with Gasteiger partial charge in [-0.3, -0.25) is 4.79 Å². The van der Waals surface area contributed by atoms with Crippen molar-refractivity contribution in [2.24, 2.45) is 0 Å². The first-order chi connectivity index (χ1) is 6.67. The minimum absolute atomic E-state index is 0.0460. The summed E-state index contributed by atoms with van der Waals surface area (Å²) in [6.45, 7) is 3.90. The Morgan fingerprint density at radius 1 is 1.27 bits per heavy atom. The van der Waals surface area contributed by atoms with E-state index in [1.807, 2.05) is 0 Å². The molecule has 0 bridgehead atoms. The number of carbonyl (C=O) groups is 1. The lowest BCUT2D eigenvalue weighted by Gasteiger charge is -2.42. The van der Waals surface area contributed by atoms with E-state index < -0.39 is 28.8 Å². The minimum Gasteiger partial charge on any atom is -0.509 e. The van der Waals surface area contributed by atoms with Gasteiger partial charge in [-0.2, -0.15) is 0 Å². The number of ketones is 1. The summed E-state index contributed by atoms with van der Waals surface area (Å²) in [5, 5.41) is 38.8. The van der Waals surface area contributed by atoms with Crippen LogP contribution in [0.15, 0.2) is 11.3 Å². The summed E-state index contributed by atoms with van der Waals surface area (Å²) in [6, 6.07) is 0. The largest absolute Gasteiger partial charge is 0.509 e. The smallest absolute Gasteiger partial charge is 0.196 e. The fraction of sp³-hybridized carbons (Fsp3) is 0.700. The zero-order valence-corrected chi connectivity index (χ0v) is 8.98. The molecule has 4 N–H and O–H groups in total. The van der Waals surface area contributed by atoms with Gasteiger partial charge in [-0.1, -0.05) is 6.92 Å². The second-order valence-corrected chi connectivity index (χ2v) is 4.21. The van der Waals surface area contributed by atoms with Gasteiger partial charge in [0.1, 0.15) is 17.5 Å². The molecule has 0 aliphatic heterocycles. The highest BCUT2D eigenvalue weighted by molar-refractivity contribution is 6.03. The van der Waals surface area contributed by atoms with Gasteiger partial charge >= 0.3 is 0 Å². The van der Waals surface area contributed by atoms with Gasteiger partial charge in [-0.05, 0) is 20.3 Å². The van der Waals surface area contributed by atoms with Crippen molar-refractivity contribution in [3.05, 3.63) is 11.3 Å². The van der Waals surface area contributed by atoms with Crippen molar-refractivity contribution >= 4 is 5.78 Å². The Labute approximate surface area is 87.7 Å². The molecule has 0 saturated heterocycles. The standard InChI is InChI=1S/C10H16O5/c1-4-5-6(11)9(2,14)8(13)10(3,15)7(5)12/h8,11,13-15H,4H2,1-3H3/t8-,9+,10-/m1/s1. The highest BCUT2D eigenvalue weighted by atomic mass is 16.4. The molecule has 1 rings (SSSR count). The van der Waals surface area contributed by atoms with Crippen molar-refractivity contribution in [1.82, 2.24) is 0 Å². The maximum atomic E-state index is 11.6. The molecule has 0 heterocycles. The number of hydrogen-bond donors (Lipinski definition) is 4. The molecule has 0 fully saturated rings. The van der Waals surface area contributed by atoms with Crippen LogP contribution >= 0.6 is 0 Å². The Hall–Kier alpha value is -0.910. The maximum absolute atomic E-state index is 11.6. The summed E-state index contributed by atoms with van der Waals surface area (Å²) in [5.74, 6) is -1.31. The molecule has 0 aromatic heterocycles. The first kappa shape index (κ1) is 12.2. The Kier molecular flexibility index (Phi) is 2.67. The fourth-order valence-electron chi connectivity index (χ4n) is 1.85. The summed E-state index contributed by atoms with van der Waals surface area (Å²) in [4.78, 5) is 11.6. The highest BCUT2D eigenvalue weighted by Gasteiger charge is 2.56. The van der Waals surface area contributed by atoms with E-state index in [4.69, 9.17) is 0 Å². The third-order valence-corrected chi connectivity index (χ3v) is 2.92. The van der Waals surface area contributed by atoms with Gasteiger partial charge in [0.05, 0.1) is 0 Å². The van der Waals surface area contributed by atoms with E-state index in [1.165, 1.54) is 0 Å². The fourth-order valence-corrected chi connectivity index (χ4v) is 1.85. The first-order valence-electron chi connectivity index (χ1n) is 4.77. The quantitative estimate of drug-likeness (QED) is 0.480. The van der Waals surface area contributed by atoms with E-state index in [2.05, 4.69) is 0 Å². The Bertz CT molecular complexity index is 327. The Morgan fingerprint density at radius 3 is 2.13 bits per heavy atom. The summed E-state index contributed by atoms with van der Waals surface area (Å²) in [6.07, 6.45) is -1.56. The van der Waals surface area contributed by atoms with Crippen LogP contribution in [-0.4, -0.2) is 43.5 Å². The van der Waals surface area contributed by atoms with Crippen LogP contribution in [0, 0.1) is 0 Å². The summed E-state index contributed by atoms with van der Waals surface area (Å²) in [5.41, 5.74) is -4.11.